The van der Waals surface area contributed by atoms with Crippen molar-refractivity contribution in [2.75, 3.05) is 25.0 Å². The van der Waals surface area contributed by atoms with Crippen LogP contribution in [-0.2, 0) is 4.79 Å². The number of para-hydroxylation sites is 1. The number of halogens is 1. The topological polar surface area (TPSA) is 83.1 Å². The third kappa shape index (κ3) is 4.76. The van der Waals surface area contributed by atoms with E-state index >= 15 is 0 Å². The highest BCUT2D eigenvalue weighted by molar-refractivity contribution is 7.22. The van der Waals surface area contributed by atoms with Crippen LogP contribution in [0.3, 0.4) is 0 Å². The Bertz CT molecular complexity index is 878. The number of thiazole rings is 1. The fourth-order valence-electron chi connectivity index (χ4n) is 2.25. The van der Waals surface area contributed by atoms with Gasteiger partial charge in [-0.2, -0.15) is 0 Å². The Morgan fingerprint density at radius 3 is 2.54 bits per heavy atom. The zero-order chi connectivity index (χ0) is 18.4. The molecule has 8 heteroatoms. The Morgan fingerprint density at radius 2 is 1.77 bits per heavy atom. The first-order valence-corrected chi connectivity index (χ1v) is 8.83. The molecule has 1 aromatic heterocycles. The molecule has 0 spiro atoms. The van der Waals surface area contributed by atoms with Gasteiger partial charge in [0.1, 0.15) is 5.82 Å². The van der Waals surface area contributed by atoms with Crippen LogP contribution in [0.25, 0.3) is 10.2 Å². The molecule has 3 rings (SSSR count). The molecule has 0 saturated carbocycles. The van der Waals surface area contributed by atoms with Crippen molar-refractivity contribution in [1.82, 2.24) is 15.6 Å². The third-order valence-electron chi connectivity index (χ3n) is 3.53. The minimum Gasteiger partial charge on any atom is -0.360 e. The first-order valence-electron chi connectivity index (χ1n) is 8.02. The lowest BCUT2D eigenvalue weighted by Crippen LogP contribution is -2.38. The highest BCUT2D eigenvalue weighted by Crippen LogP contribution is 2.24. The summed E-state index contributed by atoms with van der Waals surface area (Å²) in [4.78, 5) is 28.0. The molecule has 0 fully saturated rings. The molecule has 0 bridgehead atoms. The predicted octanol–water partition coefficient (Wildman–Crippen LogP) is 2.39. The van der Waals surface area contributed by atoms with Gasteiger partial charge in [0.2, 0.25) is 5.91 Å². The van der Waals surface area contributed by atoms with Gasteiger partial charge in [-0.25, -0.2) is 9.37 Å². The van der Waals surface area contributed by atoms with E-state index in [4.69, 9.17) is 0 Å². The molecule has 2 amide bonds. The van der Waals surface area contributed by atoms with Crippen LogP contribution in [-0.4, -0.2) is 36.4 Å². The van der Waals surface area contributed by atoms with E-state index in [-0.39, 0.29) is 12.5 Å². The van der Waals surface area contributed by atoms with Gasteiger partial charge >= 0.3 is 0 Å². The van der Waals surface area contributed by atoms with Crippen LogP contribution in [0.2, 0.25) is 0 Å². The fraction of sp³-hybridized carbons (Fsp3) is 0.167. The number of carbonyl (C=O) groups excluding carboxylic acids is 2. The Hall–Kier alpha value is -3.00. The van der Waals surface area contributed by atoms with Crippen molar-refractivity contribution in [1.29, 1.82) is 0 Å². The number of hydrogen-bond acceptors (Lipinski definition) is 5. The summed E-state index contributed by atoms with van der Waals surface area (Å²) in [6.45, 7) is 0.788. The number of nitrogens with one attached hydrogen (secondary N) is 3. The van der Waals surface area contributed by atoms with Gasteiger partial charge in [0.25, 0.3) is 5.91 Å². The number of amides is 2. The van der Waals surface area contributed by atoms with E-state index in [1.807, 2.05) is 24.3 Å². The number of benzene rings is 2. The molecule has 0 unspecified atom stereocenters. The van der Waals surface area contributed by atoms with E-state index in [2.05, 4.69) is 20.9 Å². The Labute approximate surface area is 153 Å². The molecule has 26 heavy (non-hydrogen) atoms. The quantitative estimate of drug-likeness (QED) is 0.556. The SMILES string of the molecule is O=C(CNC(=O)c1ccc(F)cc1)NCCNc1nc2ccccc2s1. The van der Waals surface area contributed by atoms with Crippen molar-refractivity contribution in [3.63, 3.8) is 0 Å². The molecular weight excluding hydrogens is 355 g/mol. The average Bonchev–Trinajstić information content (AvgIpc) is 3.06. The molecule has 0 aliphatic heterocycles. The maximum Gasteiger partial charge on any atom is 0.251 e. The average molecular weight is 372 g/mol. The number of aromatic nitrogens is 1. The van der Waals surface area contributed by atoms with E-state index in [1.54, 1.807) is 11.3 Å². The highest BCUT2D eigenvalue weighted by atomic mass is 32.1. The molecule has 3 N–H and O–H groups in total. The molecule has 6 nitrogen and oxygen atoms in total. The summed E-state index contributed by atoms with van der Waals surface area (Å²) in [5.74, 6) is -1.14. The summed E-state index contributed by atoms with van der Waals surface area (Å²) < 4.78 is 13.9. The molecule has 134 valence electrons. The maximum atomic E-state index is 12.8. The van der Waals surface area contributed by atoms with E-state index in [1.165, 1.54) is 24.3 Å². The van der Waals surface area contributed by atoms with Crippen molar-refractivity contribution in [2.24, 2.45) is 0 Å². The Balaban J connectivity index is 1.36. The van der Waals surface area contributed by atoms with E-state index in [9.17, 15) is 14.0 Å². The molecule has 3 aromatic rings. The summed E-state index contributed by atoms with van der Waals surface area (Å²) in [5, 5.41) is 9.15. The van der Waals surface area contributed by atoms with Gasteiger partial charge < -0.3 is 16.0 Å². The molecule has 0 atom stereocenters. The standard InChI is InChI=1S/C18H17FN4O2S/c19-13-7-5-12(6-8-13)17(25)22-11-16(24)20-9-10-21-18-23-14-3-1-2-4-15(14)26-18/h1-8H,9-11H2,(H,20,24)(H,21,23)(H,22,25). The zero-order valence-corrected chi connectivity index (χ0v) is 14.6. The van der Waals surface area contributed by atoms with Crippen LogP contribution in [0.15, 0.2) is 48.5 Å². The van der Waals surface area contributed by atoms with E-state index in [0.29, 0.717) is 18.7 Å². The first-order chi connectivity index (χ1) is 12.6. The molecular formula is C18H17FN4O2S. The summed E-state index contributed by atoms with van der Waals surface area (Å²) in [7, 11) is 0. The molecule has 1 heterocycles. The van der Waals surface area contributed by atoms with Crippen LogP contribution in [0, 0.1) is 5.82 Å². The van der Waals surface area contributed by atoms with E-state index < -0.39 is 11.7 Å². The zero-order valence-electron chi connectivity index (χ0n) is 13.8. The van der Waals surface area contributed by atoms with Gasteiger partial charge in [0.15, 0.2) is 5.13 Å². The number of carbonyl (C=O) groups is 2. The van der Waals surface area contributed by atoms with Gasteiger partial charge in [0, 0.05) is 18.7 Å². The summed E-state index contributed by atoms with van der Waals surface area (Å²) in [6, 6.07) is 13.0. The van der Waals surface area contributed by atoms with Crippen LogP contribution in [0.4, 0.5) is 9.52 Å². The number of hydrogen-bond donors (Lipinski definition) is 3. The van der Waals surface area contributed by atoms with Gasteiger partial charge in [-0.15, -0.1) is 0 Å². The number of nitrogens with zero attached hydrogens (tertiary/aromatic N) is 1. The van der Waals surface area contributed by atoms with Crippen LogP contribution < -0.4 is 16.0 Å². The van der Waals surface area contributed by atoms with Gasteiger partial charge in [-0.05, 0) is 36.4 Å². The maximum absolute atomic E-state index is 12.8. The minimum absolute atomic E-state index is 0.142. The van der Waals surface area contributed by atoms with Crippen molar-refractivity contribution in [2.45, 2.75) is 0 Å². The normalized spacial score (nSPS) is 10.5. The van der Waals surface area contributed by atoms with E-state index in [0.717, 1.165) is 15.3 Å². The minimum atomic E-state index is -0.423. The smallest absolute Gasteiger partial charge is 0.251 e. The second-order valence-electron chi connectivity index (χ2n) is 5.45. The van der Waals surface area contributed by atoms with Crippen LogP contribution in [0.5, 0.6) is 0 Å². The van der Waals surface area contributed by atoms with Gasteiger partial charge in [-0.3, -0.25) is 9.59 Å². The van der Waals surface area contributed by atoms with Crippen molar-refractivity contribution < 1.29 is 14.0 Å². The summed E-state index contributed by atoms with van der Waals surface area (Å²) >= 11 is 1.55. The number of fused-ring (bicyclic) bond motifs is 1. The monoisotopic (exact) mass is 372 g/mol. The van der Waals surface area contributed by atoms with Gasteiger partial charge in [-0.1, -0.05) is 23.5 Å². The molecule has 0 saturated heterocycles. The second kappa shape index (κ2) is 8.39. The largest absolute Gasteiger partial charge is 0.360 e. The number of anilines is 1. The third-order valence-corrected chi connectivity index (χ3v) is 4.53. The lowest BCUT2D eigenvalue weighted by atomic mass is 10.2. The lowest BCUT2D eigenvalue weighted by molar-refractivity contribution is -0.120. The Kier molecular flexibility index (Phi) is 5.75. The predicted molar refractivity (Wildman–Crippen MR) is 99.9 cm³/mol. The molecule has 0 aliphatic carbocycles. The molecule has 2 aromatic carbocycles. The van der Waals surface area contributed by atoms with Crippen molar-refractivity contribution in [3.05, 3.63) is 59.9 Å². The Morgan fingerprint density at radius 1 is 1.00 bits per heavy atom. The van der Waals surface area contributed by atoms with Crippen molar-refractivity contribution in [3.8, 4) is 0 Å². The summed E-state index contributed by atoms with van der Waals surface area (Å²) in [5.41, 5.74) is 1.24. The molecule has 0 aliphatic rings. The molecule has 0 radical (unpaired) electrons. The van der Waals surface area contributed by atoms with Crippen molar-refractivity contribution >= 4 is 38.5 Å². The van der Waals surface area contributed by atoms with Crippen LogP contribution in [0.1, 0.15) is 10.4 Å². The highest BCUT2D eigenvalue weighted by Gasteiger charge is 2.08. The fourth-order valence-corrected chi connectivity index (χ4v) is 3.14. The lowest BCUT2D eigenvalue weighted by Gasteiger charge is -2.07. The first kappa shape index (κ1) is 17.8. The summed E-state index contributed by atoms with van der Waals surface area (Å²) in [6.07, 6.45) is 0. The van der Waals surface area contributed by atoms with Crippen LogP contribution >= 0.6 is 11.3 Å². The second-order valence-corrected chi connectivity index (χ2v) is 6.48. The number of rotatable bonds is 7. The van der Waals surface area contributed by atoms with Gasteiger partial charge in [0.05, 0.1) is 16.8 Å².